The monoisotopic (exact) mass is 227 g/mol. The number of hydrogen-bond donors (Lipinski definition) is 1. The van der Waals surface area contributed by atoms with Gasteiger partial charge < -0.3 is 15.5 Å². The average molecular weight is 227 g/mol. The van der Waals surface area contributed by atoms with Crippen LogP contribution in [0.3, 0.4) is 0 Å². The zero-order chi connectivity index (χ0) is 11.7. The van der Waals surface area contributed by atoms with Crippen LogP contribution in [0, 0.1) is 0 Å². The zero-order valence-electron chi connectivity index (χ0n) is 9.32. The van der Waals surface area contributed by atoms with E-state index in [4.69, 9.17) is 5.73 Å². The smallest absolute Gasteiger partial charge is 0.155 e. The van der Waals surface area contributed by atoms with Crippen molar-refractivity contribution in [2.45, 2.75) is 0 Å². The standard InChI is InChI=1S/C12H13N5/c13-8-16-9-17(10-3-1-5-14-7-10)11-4-2-6-15-12(11)16/h1-7H,8-9,13H2. The van der Waals surface area contributed by atoms with Gasteiger partial charge in [0, 0.05) is 12.4 Å². The molecule has 3 rings (SSSR count). The van der Waals surface area contributed by atoms with Crippen molar-refractivity contribution in [2.24, 2.45) is 5.73 Å². The third-order valence-corrected chi connectivity index (χ3v) is 2.85. The Morgan fingerprint density at radius 3 is 2.88 bits per heavy atom. The fourth-order valence-electron chi connectivity index (χ4n) is 2.04. The summed E-state index contributed by atoms with van der Waals surface area (Å²) in [5.41, 5.74) is 7.86. The van der Waals surface area contributed by atoms with Gasteiger partial charge in [0.25, 0.3) is 0 Å². The predicted molar refractivity (Wildman–Crippen MR) is 67.0 cm³/mol. The van der Waals surface area contributed by atoms with Crippen LogP contribution in [0.25, 0.3) is 0 Å². The Morgan fingerprint density at radius 2 is 2.12 bits per heavy atom. The van der Waals surface area contributed by atoms with Crippen molar-refractivity contribution >= 4 is 17.2 Å². The van der Waals surface area contributed by atoms with Crippen LogP contribution in [0.4, 0.5) is 17.2 Å². The molecule has 86 valence electrons. The average Bonchev–Trinajstić information content (AvgIpc) is 2.78. The lowest BCUT2D eigenvalue weighted by Crippen LogP contribution is -2.33. The second-order valence-corrected chi connectivity index (χ2v) is 3.85. The van der Waals surface area contributed by atoms with Crippen LogP contribution in [0.5, 0.6) is 0 Å². The summed E-state index contributed by atoms with van der Waals surface area (Å²) in [6, 6.07) is 7.94. The first-order valence-corrected chi connectivity index (χ1v) is 5.48. The molecule has 2 aromatic rings. The molecule has 0 radical (unpaired) electrons. The highest BCUT2D eigenvalue weighted by Crippen LogP contribution is 2.37. The summed E-state index contributed by atoms with van der Waals surface area (Å²) in [5.74, 6) is 0.929. The van der Waals surface area contributed by atoms with Crippen LogP contribution in [0.1, 0.15) is 0 Å². The van der Waals surface area contributed by atoms with Gasteiger partial charge in [0.05, 0.1) is 30.9 Å². The highest BCUT2D eigenvalue weighted by Gasteiger charge is 2.26. The Kier molecular flexibility index (Phi) is 2.38. The van der Waals surface area contributed by atoms with Crippen LogP contribution in [0.15, 0.2) is 42.9 Å². The Hall–Kier alpha value is -2.14. The van der Waals surface area contributed by atoms with E-state index in [0.29, 0.717) is 13.3 Å². The number of aromatic nitrogens is 2. The lowest BCUT2D eigenvalue weighted by molar-refractivity contribution is 0.832. The van der Waals surface area contributed by atoms with E-state index >= 15 is 0 Å². The minimum absolute atomic E-state index is 0.459. The van der Waals surface area contributed by atoms with Gasteiger partial charge in [0.15, 0.2) is 5.82 Å². The Labute approximate surface area is 99.5 Å². The van der Waals surface area contributed by atoms with Gasteiger partial charge in [-0.1, -0.05) is 0 Å². The van der Waals surface area contributed by atoms with Crippen LogP contribution < -0.4 is 15.5 Å². The van der Waals surface area contributed by atoms with Crippen LogP contribution in [-0.2, 0) is 0 Å². The Bertz CT molecular complexity index is 513. The number of fused-ring (bicyclic) bond motifs is 1. The van der Waals surface area contributed by atoms with Crippen molar-refractivity contribution in [3.05, 3.63) is 42.9 Å². The molecule has 0 amide bonds. The molecule has 1 aliphatic rings. The van der Waals surface area contributed by atoms with Gasteiger partial charge >= 0.3 is 0 Å². The molecule has 0 bridgehead atoms. The Morgan fingerprint density at radius 1 is 1.24 bits per heavy atom. The summed E-state index contributed by atoms with van der Waals surface area (Å²) >= 11 is 0. The molecule has 0 aromatic carbocycles. The topological polar surface area (TPSA) is 58.3 Å². The SMILES string of the molecule is NCN1CN(c2cccnc2)c2cccnc21. The third kappa shape index (κ3) is 1.60. The molecule has 0 saturated carbocycles. The number of nitrogens with two attached hydrogens (primary N) is 1. The molecule has 5 nitrogen and oxygen atoms in total. The quantitative estimate of drug-likeness (QED) is 0.838. The van der Waals surface area contributed by atoms with Crippen LogP contribution in [0.2, 0.25) is 0 Å². The molecule has 0 saturated heterocycles. The summed E-state index contributed by atoms with van der Waals surface area (Å²) < 4.78 is 0. The molecule has 0 spiro atoms. The van der Waals surface area contributed by atoms with E-state index in [0.717, 1.165) is 17.2 Å². The summed E-state index contributed by atoms with van der Waals surface area (Å²) in [6.45, 7) is 1.18. The fraction of sp³-hybridized carbons (Fsp3) is 0.167. The van der Waals surface area contributed by atoms with Crippen molar-refractivity contribution < 1.29 is 0 Å². The van der Waals surface area contributed by atoms with Gasteiger partial charge in [0.2, 0.25) is 0 Å². The summed E-state index contributed by atoms with van der Waals surface area (Å²) in [7, 11) is 0. The molecular weight excluding hydrogens is 214 g/mol. The maximum Gasteiger partial charge on any atom is 0.155 e. The second-order valence-electron chi connectivity index (χ2n) is 3.85. The van der Waals surface area contributed by atoms with Crippen molar-refractivity contribution in [1.82, 2.24) is 9.97 Å². The molecule has 5 heteroatoms. The molecule has 17 heavy (non-hydrogen) atoms. The molecule has 0 aliphatic carbocycles. The molecule has 0 fully saturated rings. The maximum atomic E-state index is 5.73. The first-order valence-electron chi connectivity index (χ1n) is 5.48. The minimum atomic E-state index is 0.459. The summed E-state index contributed by atoms with van der Waals surface area (Å²) in [6.07, 6.45) is 5.40. The lowest BCUT2D eigenvalue weighted by Gasteiger charge is -2.19. The Balaban J connectivity index is 2.05. The van der Waals surface area contributed by atoms with E-state index in [2.05, 4.69) is 14.9 Å². The largest absolute Gasteiger partial charge is 0.324 e. The summed E-state index contributed by atoms with van der Waals surface area (Å²) in [4.78, 5) is 12.7. The van der Waals surface area contributed by atoms with E-state index in [1.54, 1.807) is 12.4 Å². The van der Waals surface area contributed by atoms with Gasteiger partial charge in [-0.05, 0) is 24.3 Å². The zero-order valence-corrected chi connectivity index (χ0v) is 9.32. The molecule has 0 unspecified atom stereocenters. The summed E-state index contributed by atoms with van der Waals surface area (Å²) in [5, 5.41) is 0. The van der Waals surface area contributed by atoms with Gasteiger partial charge in [-0.15, -0.1) is 0 Å². The fourth-order valence-corrected chi connectivity index (χ4v) is 2.04. The molecule has 1 aliphatic heterocycles. The van der Waals surface area contributed by atoms with E-state index in [9.17, 15) is 0 Å². The number of rotatable bonds is 2. The van der Waals surface area contributed by atoms with E-state index in [1.165, 1.54) is 0 Å². The van der Waals surface area contributed by atoms with Gasteiger partial charge in [-0.2, -0.15) is 0 Å². The maximum absolute atomic E-state index is 5.73. The van der Waals surface area contributed by atoms with Gasteiger partial charge in [-0.25, -0.2) is 4.98 Å². The predicted octanol–water partition coefficient (Wildman–Crippen LogP) is 1.31. The highest BCUT2D eigenvalue weighted by molar-refractivity contribution is 5.79. The third-order valence-electron chi connectivity index (χ3n) is 2.85. The molecule has 2 N–H and O–H groups in total. The normalized spacial score (nSPS) is 13.9. The van der Waals surface area contributed by atoms with Crippen molar-refractivity contribution in [3.63, 3.8) is 0 Å². The van der Waals surface area contributed by atoms with Crippen molar-refractivity contribution in [1.29, 1.82) is 0 Å². The lowest BCUT2D eigenvalue weighted by atomic mass is 10.3. The van der Waals surface area contributed by atoms with E-state index < -0.39 is 0 Å². The van der Waals surface area contributed by atoms with Crippen molar-refractivity contribution in [3.8, 4) is 0 Å². The molecule has 2 aromatic heterocycles. The second kappa shape index (κ2) is 4.03. The van der Waals surface area contributed by atoms with Crippen LogP contribution in [-0.4, -0.2) is 23.3 Å². The molecule has 0 atom stereocenters. The highest BCUT2D eigenvalue weighted by atomic mass is 15.4. The van der Waals surface area contributed by atoms with Crippen LogP contribution >= 0.6 is 0 Å². The number of nitrogens with zero attached hydrogens (tertiary/aromatic N) is 4. The number of anilines is 3. The minimum Gasteiger partial charge on any atom is -0.324 e. The van der Waals surface area contributed by atoms with Gasteiger partial charge in [0.1, 0.15) is 0 Å². The first kappa shape index (κ1) is 10.0. The van der Waals surface area contributed by atoms with Gasteiger partial charge in [-0.3, -0.25) is 4.98 Å². The number of hydrogen-bond acceptors (Lipinski definition) is 5. The molecular formula is C12H13N5. The van der Waals surface area contributed by atoms with Crippen molar-refractivity contribution in [2.75, 3.05) is 23.1 Å². The number of pyridine rings is 2. The first-order chi connectivity index (χ1) is 8.40. The van der Waals surface area contributed by atoms with E-state index in [-0.39, 0.29) is 0 Å². The molecule has 3 heterocycles. The van der Waals surface area contributed by atoms with E-state index in [1.807, 2.05) is 35.4 Å².